The standard InChI is InChI=1S/C11H12Br2O/c12-6-9-5-10(13)3-4-11(9)14-7-8-1-2-8/h3-5,8H,1-2,6-7H2. The van der Waals surface area contributed by atoms with Crippen LogP contribution in [0.25, 0.3) is 0 Å². The highest BCUT2D eigenvalue weighted by Gasteiger charge is 2.22. The van der Waals surface area contributed by atoms with Gasteiger partial charge in [0.1, 0.15) is 5.75 Å². The van der Waals surface area contributed by atoms with Crippen molar-refractivity contribution in [3.8, 4) is 5.75 Å². The summed E-state index contributed by atoms with van der Waals surface area (Å²) >= 11 is 6.92. The van der Waals surface area contributed by atoms with E-state index in [2.05, 4.69) is 37.9 Å². The Morgan fingerprint density at radius 3 is 2.79 bits per heavy atom. The minimum Gasteiger partial charge on any atom is -0.493 e. The van der Waals surface area contributed by atoms with Gasteiger partial charge in [0.05, 0.1) is 6.61 Å². The van der Waals surface area contributed by atoms with E-state index < -0.39 is 0 Å². The molecular weight excluding hydrogens is 308 g/mol. The molecule has 0 spiro atoms. The van der Waals surface area contributed by atoms with Gasteiger partial charge in [-0.2, -0.15) is 0 Å². The lowest BCUT2D eigenvalue weighted by Crippen LogP contribution is -2.00. The molecule has 0 aliphatic heterocycles. The summed E-state index contributed by atoms with van der Waals surface area (Å²) in [4.78, 5) is 0. The van der Waals surface area contributed by atoms with Crippen molar-refractivity contribution in [3.63, 3.8) is 0 Å². The Kier molecular flexibility index (Phi) is 3.50. The molecule has 0 aromatic heterocycles. The van der Waals surface area contributed by atoms with Gasteiger partial charge in [0, 0.05) is 15.4 Å². The second-order valence-electron chi connectivity index (χ2n) is 3.64. The third-order valence-corrected chi connectivity index (χ3v) is 3.44. The van der Waals surface area contributed by atoms with Crippen molar-refractivity contribution in [2.75, 3.05) is 6.61 Å². The molecule has 0 unspecified atom stereocenters. The molecule has 2 rings (SSSR count). The molecule has 1 aliphatic rings. The molecule has 76 valence electrons. The van der Waals surface area contributed by atoms with Gasteiger partial charge in [0.25, 0.3) is 0 Å². The van der Waals surface area contributed by atoms with Crippen molar-refractivity contribution in [2.24, 2.45) is 5.92 Å². The minimum atomic E-state index is 0.807. The molecule has 0 amide bonds. The Morgan fingerprint density at radius 1 is 1.36 bits per heavy atom. The number of halogens is 2. The predicted octanol–water partition coefficient (Wildman–Crippen LogP) is 4.13. The lowest BCUT2D eigenvalue weighted by Gasteiger charge is -2.09. The average Bonchev–Trinajstić information content (AvgIpc) is 2.99. The van der Waals surface area contributed by atoms with Crippen LogP contribution >= 0.6 is 31.9 Å². The number of ether oxygens (including phenoxy) is 1. The first-order chi connectivity index (χ1) is 6.79. The molecule has 0 atom stereocenters. The monoisotopic (exact) mass is 318 g/mol. The van der Waals surface area contributed by atoms with Gasteiger partial charge in [-0.1, -0.05) is 31.9 Å². The Bertz CT molecular complexity index is 321. The molecule has 0 bridgehead atoms. The number of hydrogen-bond donors (Lipinski definition) is 0. The average molecular weight is 320 g/mol. The van der Waals surface area contributed by atoms with E-state index in [1.165, 1.54) is 18.4 Å². The summed E-state index contributed by atoms with van der Waals surface area (Å²) in [5.41, 5.74) is 1.21. The summed E-state index contributed by atoms with van der Waals surface area (Å²) in [6, 6.07) is 6.15. The maximum atomic E-state index is 5.76. The van der Waals surface area contributed by atoms with Crippen molar-refractivity contribution >= 4 is 31.9 Å². The van der Waals surface area contributed by atoms with Gasteiger partial charge in [-0.3, -0.25) is 0 Å². The number of benzene rings is 1. The zero-order chi connectivity index (χ0) is 9.97. The van der Waals surface area contributed by atoms with Gasteiger partial charge in [-0.15, -0.1) is 0 Å². The van der Waals surface area contributed by atoms with Crippen molar-refractivity contribution in [3.05, 3.63) is 28.2 Å². The van der Waals surface area contributed by atoms with Crippen LogP contribution in [0.4, 0.5) is 0 Å². The SMILES string of the molecule is BrCc1cc(Br)ccc1OCC1CC1. The molecule has 0 N–H and O–H groups in total. The van der Waals surface area contributed by atoms with Crippen LogP contribution in [0.3, 0.4) is 0 Å². The van der Waals surface area contributed by atoms with Gasteiger partial charge in [-0.05, 0) is 37.0 Å². The number of alkyl halides is 1. The van der Waals surface area contributed by atoms with Crippen LogP contribution in [0.5, 0.6) is 5.75 Å². The van der Waals surface area contributed by atoms with Crippen LogP contribution in [0.2, 0.25) is 0 Å². The molecule has 0 heterocycles. The summed E-state index contributed by atoms with van der Waals surface area (Å²) in [5.74, 6) is 1.82. The summed E-state index contributed by atoms with van der Waals surface area (Å²) in [5, 5.41) is 0.840. The van der Waals surface area contributed by atoms with Gasteiger partial charge in [0.2, 0.25) is 0 Å². The lowest BCUT2D eigenvalue weighted by atomic mass is 10.2. The van der Waals surface area contributed by atoms with Crippen molar-refractivity contribution in [2.45, 2.75) is 18.2 Å². The van der Waals surface area contributed by atoms with Crippen molar-refractivity contribution in [1.29, 1.82) is 0 Å². The smallest absolute Gasteiger partial charge is 0.123 e. The van der Waals surface area contributed by atoms with E-state index in [9.17, 15) is 0 Å². The summed E-state index contributed by atoms with van der Waals surface area (Å²) in [6.45, 7) is 0.877. The Balaban J connectivity index is 2.05. The van der Waals surface area contributed by atoms with Gasteiger partial charge < -0.3 is 4.74 Å². The first-order valence-corrected chi connectivity index (χ1v) is 6.68. The molecule has 1 aliphatic carbocycles. The summed E-state index contributed by atoms with van der Waals surface area (Å²) in [6.07, 6.45) is 2.67. The number of hydrogen-bond acceptors (Lipinski definition) is 1. The van der Waals surface area contributed by atoms with E-state index in [0.717, 1.165) is 28.1 Å². The fourth-order valence-electron chi connectivity index (χ4n) is 1.29. The summed E-state index contributed by atoms with van der Waals surface area (Å²) in [7, 11) is 0. The molecule has 1 aromatic rings. The fourth-order valence-corrected chi connectivity index (χ4v) is 2.13. The molecule has 1 nitrogen and oxygen atoms in total. The van der Waals surface area contributed by atoms with Gasteiger partial charge in [0.15, 0.2) is 0 Å². The highest BCUT2D eigenvalue weighted by molar-refractivity contribution is 9.10. The molecule has 1 fully saturated rings. The van der Waals surface area contributed by atoms with Crippen LogP contribution in [0.15, 0.2) is 22.7 Å². The molecule has 1 aromatic carbocycles. The van der Waals surface area contributed by atoms with Crippen LogP contribution in [0, 0.1) is 5.92 Å². The van der Waals surface area contributed by atoms with E-state index in [1.807, 2.05) is 12.1 Å². The second kappa shape index (κ2) is 4.67. The van der Waals surface area contributed by atoms with Gasteiger partial charge in [-0.25, -0.2) is 0 Å². The summed E-state index contributed by atoms with van der Waals surface area (Å²) < 4.78 is 6.86. The molecule has 1 saturated carbocycles. The predicted molar refractivity (Wildman–Crippen MR) is 65.0 cm³/mol. The van der Waals surface area contributed by atoms with E-state index in [4.69, 9.17) is 4.74 Å². The first-order valence-electron chi connectivity index (χ1n) is 4.77. The van der Waals surface area contributed by atoms with Crippen LogP contribution < -0.4 is 4.74 Å². The maximum Gasteiger partial charge on any atom is 0.123 e. The van der Waals surface area contributed by atoms with E-state index >= 15 is 0 Å². The molecular formula is C11H12Br2O. The van der Waals surface area contributed by atoms with E-state index in [0.29, 0.717) is 0 Å². The molecule has 0 saturated heterocycles. The zero-order valence-corrected chi connectivity index (χ0v) is 11.0. The Hall–Kier alpha value is -0.0200. The van der Waals surface area contributed by atoms with Gasteiger partial charge >= 0.3 is 0 Å². The normalized spacial score (nSPS) is 15.6. The molecule has 3 heteroatoms. The first kappa shape index (κ1) is 10.5. The molecule has 0 radical (unpaired) electrons. The third kappa shape index (κ3) is 2.74. The molecule has 14 heavy (non-hydrogen) atoms. The van der Waals surface area contributed by atoms with Crippen LogP contribution in [0.1, 0.15) is 18.4 Å². The number of rotatable bonds is 4. The Labute approximate surface area is 101 Å². The third-order valence-electron chi connectivity index (χ3n) is 2.34. The minimum absolute atomic E-state index is 0.807. The highest BCUT2D eigenvalue weighted by Crippen LogP contribution is 2.31. The van der Waals surface area contributed by atoms with E-state index in [1.54, 1.807) is 0 Å². The van der Waals surface area contributed by atoms with Crippen molar-refractivity contribution in [1.82, 2.24) is 0 Å². The Morgan fingerprint density at radius 2 is 2.14 bits per heavy atom. The van der Waals surface area contributed by atoms with Crippen molar-refractivity contribution < 1.29 is 4.74 Å². The zero-order valence-electron chi connectivity index (χ0n) is 7.80. The lowest BCUT2D eigenvalue weighted by molar-refractivity contribution is 0.297. The quantitative estimate of drug-likeness (QED) is 0.758. The second-order valence-corrected chi connectivity index (χ2v) is 5.12. The van der Waals surface area contributed by atoms with Crippen LogP contribution in [-0.2, 0) is 5.33 Å². The fraction of sp³-hybridized carbons (Fsp3) is 0.455. The largest absolute Gasteiger partial charge is 0.493 e. The topological polar surface area (TPSA) is 9.23 Å². The van der Waals surface area contributed by atoms with E-state index in [-0.39, 0.29) is 0 Å². The van der Waals surface area contributed by atoms with Crippen LogP contribution in [-0.4, -0.2) is 6.61 Å². The maximum absolute atomic E-state index is 5.76. The highest BCUT2D eigenvalue weighted by atomic mass is 79.9.